The van der Waals surface area contributed by atoms with Crippen LogP contribution in [0.5, 0.6) is 17.2 Å². The number of ketones is 1. The third-order valence-electron chi connectivity index (χ3n) is 6.88. The van der Waals surface area contributed by atoms with Crippen LogP contribution in [-0.4, -0.2) is 42.1 Å². The van der Waals surface area contributed by atoms with Crippen LogP contribution in [-0.2, 0) is 16.0 Å². The number of nitrogens with zero attached hydrogens (tertiary/aromatic N) is 2. The number of fused-ring (bicyclic) bond motifs is 2. The number of methoxy groups -OCH3 is 2. The standard InChI is InChI=1S/C29H23ClN2O6S/c1-14-10-17-11-16(5-8-20(17)38-14)26(33)24-25(15-4-9-21(36-2)22(12-15)37-3)32(28(35)27(24)34)29-31-19-7-6-18(30)13-23(19)39-29/h4-9,11-14,25,33H,10H2,1-3H3/b26-24+/t14-,25-/m1/s1. The van der Waals surface area contributed by atoms with Crippen molar-refractivity contribution in [2.45, 2.75) is 25.5 Å². The smallest absolute Gasteiger partial charge is 0.301 e. The second-order valence-corrected chi connectivity index (χ2v) is 10.8. The minimum Gasteiger partial charge on any atom is -0.507 e. The molecule has 39 heavy (non-hydrogen) atoms. The summed E-state index contributed by atoms with van der Waals surface area (Å²) in [5.41, 5.74) is 2.48. The van der Waals surface area contributed by atoms with Crippen LogP contribution >= 0.6 is 22.9 Å². The zero-order valence-electron chi connectivity index (χ0n) is 21.2. The van der Waals surface area contributed by atoms with Crippen LogP contribution in [0.15, 0.2) is 60.2 Å². The maximum absolute atomic E-state index is 13.6. The molecule has 1 N–H and O–H groups in total. The highest BCUT2D eigenvalue weighted by Crippen LogP contribution is 2.46. The summed E-state index contributed by atoms with van der Waals surface area (Å²) in [4.78, 5) is 33.1. The van der Waals surface area contributed by atoms with E-state index in [1.165, 1.54) is 30.5 Å². The van der Waals surface area contributed by atoms with Gasteiger partial charge in [-0.2, -0.15) is 0 Å². The Hall–Kier alpha value is -4.08. The number of carbonyl (C=O) groups is 2. The molecule has 10 heteroatoms. The summed E-state index contributed by atoms with van der Waals surface area (Å²) in [6.45, 7) is 1.97. The fourth-order valence-electron chi connectivity index (χ4n) is 5.08. The molecule has 0 saturated carbocycles. The van der Waals surface area contributed by atoms with Gasteiger partial charge >= 0.3 is 5.91 Å². The maximum atomic E-state index is 13.6. The third-order valence-corrected chi connectivity index (χ3v) is 8.14. The Morgan fingerprint density at radius 1 is 1.08 bits per heavy atom. The van der Waals surface area contributed by atoms with Gasteiger partial charge in [0.25, 0.3) is 5.78 Å². The maximum Gasteiger partial charge on any atom is 0.301 e. The van der Waals surface area contributed by atoms with Crippen LogP contribution in [0.25, 0.3) is 16.0 Å². The Morgan fingerprint density at radius 2 is 1.87 bits per heavy atom. The highest BCUT2D eigenvalue weighted by Gasteiger charge is 2.48. The number of Topliss-reactive ketones (excluding diaryl/α,β-unsaturated/α-hetero) is 1. The predicted molar refractivity (Wildman–Crippen MR) is 149 cm³/mol. The average molecular weight is 563 g/mol. The molecule has 0 spiro atoms. The molecule has 0 radical (unpaired) electrons. The van der Waals surface area contributed by atoms with Crippen molar-refractivity contribution in [2.24, 2.45) is 0 Å². The van der Waals surface area contributed by atoms with E-state index in [1.54, 1.807) is 54.6 Å². The van der Waals surface area contributed by atoms with Gasteiger partial charge < -0.3 is 19.3 Å². The van der Waals surface area contributed by atoms with E-state index in [0.29, 0.717) is 44.7 Å². The minimum atomic E-state index is -0.968. The predicted octanol–water partition coefficient (Wildman–Crippen LogP) is 5.92. The van der Waals surface area contributed by atoms with Crippen LogP contribution in [0.3, 0.4) is 0 Å². The van der Waals surface area contributed by atoms with E-state index in [0.717, 1.165) is 16.0 Å². The molecule has 1 amide bonds. The van der Waals surface area contributed by atoms with E-state index in [2.05, 4.69) is 4.98 Å². The van der Waals surface area contributed by atoms with Gasteiger partial charge in [-0.15, -0.1) is 0 Å². The van der Waals surface area contributed by atoms with Crippen LogP contribution in [0, 0.1) is 0 Å². The Labute approximate surface area is 233 Å². The Balaban J connectivity index is 1.55. The molecule has 2 aliphatic rings. The van der Waals surface area contributed by atoms with Gasteiger partial charge in [0.05, 0.1) is 36.1 Å². The Bertz CT molecular complexity index is 1700. The van der Waals surface area contributed by atoms with Crippen molar-refractivity contribution in [2.75, 3.05) is 19.1 Å². The van der Waals surface area contributed by atoms with Crippen molar-refractivity contribution >= 4 is 55.7 Å². The number of rotatable bonds is 5. The summed E-state index contributed by atoms with van der Waals surface area (Å²) < 4.78 is 17.4. The summed E-state index contributed by atoms with van der Waals surface area (Å²) in [5, 5.41) is 12.4. The van der Waals surface area contributed by atoms with E-state index in [-0.39, 0.29) is 17.4 Å². The van der Waals surface area contributed by atoms with Crippen LogP contribution in [0.1, 0.15) is 29.7 Å². The van der Waals surface area contributed by atoms with E-state index in [9.17, 15) is 14.7 Å². The summed E-state index contributed by atoms with van der Waals surface area (Å²) in [6, 6.07) is 14.6. The van der Waals surface area contributed by atoms with E-state index in [1.807, 2.05) is 6.92 Å². The number of ether oxygens (including phenoxy) is 3. The summed E-state index contributed by atoms with van der Waals surface area (Å²) in [7, 11) is 3.03. The summed E-state index contributed by atoms with van der Waals surface area (Å²) in [6.07, 6.45) is 0.695. The number of carbonyl (C=O) groups excluding carboxylic acids is 2. The monoisotopic (exact) mass is 562 g/mol. The number of aliphatic hydroxyl groups excluding tert-OH is 1. The SMILES string of the molecule is COc1ccc([C@@H]2/C(=C(\O)c3ccc4c(c3)C[C@@H](C)O4)C(=O)C(=O)N2c2nc3ccc(Cl)cc3s2)cc1OC. The lowest BCUT2D eigenvalue weighted by Gasteiger charge is -2.23. The minimum absolute atomic E-state index is 0.0160. The Kier molecular flexibility index (Phi) is 6.20. The molecule has 1 aromatic heterocycles. The van der Waals surface area contributed by atoms with Crippen molar-refractivity contribution in [1.29, 1.82) is 0 Å². The highest BCUT2D eigenvalue weighted by molar-refractivity contribution is 7.22. The van der Waals surface area contributed by atoms with E-state index >= 15 is 0 Å². The molecule has 1 saturated heterocycles. The fraction of sp³-hybridized carbons (Fsp3) is 0.207. The first-order valence-corrected chi connectivity index (χ1v) is 13.4. The lowest BCUT2D eigenvalue weighted by molar-refractivity contribution is -0.132. The number of hydrogen-bond acceptors (Lipinski definition) is 8. The molecule has 6 rings (SSSR count). The zero-order valence-corrected chi connectivity index (χ0v) is 22.8. The molecule has 0 bridgehead atoms. The fourth-order valence-corrected chi connectivity index (χ4v) is 6.35. The van der Waals surface area contributed by atoms with Gasteiger partial charge in [0.15, 0.2) is 16.6 Å². The summed E-state index contributed by atoms with van der Waals surface area (Å²) in [5.74, 6) is -0.235. The second kappa shape index (κ2) is 9.59. The van der Waals surface area contributed by atoms with Gasteiger partial charge in [0, 0.05) is 17.0 Å². The first-order chi connectivity index (χ1) is 18.8. The molecule has 3 aromatic carbocycles. The first-order valence-electron chi connectivity index (χ1n) is 12.2. The van der Waals surface area contributed by atoms with Crippen molar-refractivity contribution in [3.8, 4) is 17.2 Å². The molecule has 2 atom stereocenters. The number of aromatic nitrogens is 1. The normalized spacial score (nSPS) is 19.8. The van der Waals surface area contributed by atoms with Gasteiger partial charge in [-0.3, -0.25) is 14.5 Å². The highest BCUT2D eigenvalue weighted by atomic mass is 35.5. The molecule has 1 fully saturated rings. The van der Waals surface area contributed by atoms with Crippen LogP contribution in [0.2, 0.25) is 5.02 Å². The number of thiazole rings is 1. The van der Waals surface area contributed by atoms with Gasteiger partial charge in [0.2, 0.25) is 0 Å². The molecule has 3 heterocycles. The van der Waals surface area contributed by atoms with E-state index in [4.69, 9.17) is 25.8 Å². The number of anilines is 1. The van der Waals surface area contributed by atoms with Crippen LogP contribution in [0.4, 0.5) is 5.13 Å². The second-order valence-electron chi connectivity index (χ2n) is 9.35. The van der Waals surface area contributed by atoms with Crippen molar-refractivity contribution in [1.82, 2.24) is 4.98 Å². The molecule has 0 unspecified atom stereocenters. The number of amides is 1. The first kappa shape index (κ1) is 25.2. The number of aliphatic hydroxyl groups is 1. The quantitative estimate of drug-likeness (QED) is 0.183. The molecule has 0 aliphatic carbocycles. The molecule has 4 aromatic rings. The van der Waals surface area contributed by atoms with Gasteiger partial charge in [-0.25, -0.2) is 4.98 Å². The third kappa shape index (κ3) is 4.18. The zero-order chi connectivity index (χ0) is 27.4. The van der Waals surface area contributed by atoms with E-state index < -0.39 is 17.7 Å². The van der Waals surface area contributed by atoms with Crippen LogP contribution < -0.4 is 19.1 Å². The average Bonchev–Trinajstić information content (AvgIpc) is 3.59. The van der Waals surface area contributed by atoms with Gasteiger partial charge in [-0.1, -0.05) is 29.0 Å². The van der Waals surface area contributed by atoms with Crippen molar-refractivity contribution in [3.05, 3.63) is 81.9 Å². The number of halogens is 1. The Morgan fingerprint density at radius 3 is 2.64 bits per heavy atom. The molecular weight excluding hydrogens is 540 g/mol. The molecule has 198 valence electrons. The number of hydrogen-bond donors (Lipinski definition) is 1. The molecular formula is C29H23ClN2O6S. The van der Waals surface area contributed by atoms with Gasteiger partial charge in [0.1, 0.15) is 17.6 Å². The lowest BCUT2D eigenvalue weighted by atomic mass is 9.94. The van der Waals surface area contributed by atoms with Crippen molar-refractivity contribution in [3.63, 3.8) is 0 Å². The molecule has 2 aliphatic heterocycles. The molecule has 8 nitrogen and oxygen atoms in total. The largest absolute Gasteiger partial charge is 0.507 e. The van der Waals surface area contributed by atoms with Crippen molar-refractivity contribution < 1.29 is 28.9 Å². The lowest BCUT2D eigenvalue weighted by Crippen LogP contribution is -2.29. The number of benzene rings is 3. The van der Waals surface area contributed by atoms with Gasteiger partial charge in [-0.05, 0) is 66.6 Å². The summed E-state index contributed by atoms with van der Waals surface area (Å²) >= 11 is 7.41. The topological polar surface area (TPSA) is 98.2 Å².